The van der Waals surface area contributed by atoms with Crippen LogP contribution >= 0.6 is 0 Å². The average molecular weight is 255 g/mol. The highest BCUT2D eigenvalue weighted by Crippen LogP contribution is 2.25. The molecule has 100 valence electrons. The van der Waals surface area contributed by atoms with Crippen LogP contribution in [-0.4, -0.2) is 13.7 Å². The molecule has 2 aromatic carbocycles. The van der Waals surface area contributed by atoms with Crippen molar-refractivity contribution in [3.05, 3.63) is 54.1 Å². The van der Waals surface area contributed by atoms with Gasteiger partial charge >= 0.3 is 0 Å². The third-order valence-corrected chi connectivity index (χ3v) is 3.32. The van der Waals surface area contributed by atoms with Crippen molar-refractivity contribution >= 4 is 0 Å². The molecule has 0 aromatic heterocycles. The Kier molecular flexibility index (Phi) is 4.58. The Morgan fingerprint density at radius 2 is 1.79 bits per heavy atom. The predicted octanol–water partition coefficient (Wildman–Crippen LogP) is 4.03. The molecule has 2 nitrogen and oxygen atoms in total. The van der Waals surface area contributed by atoms with Gasteiger partial charge in [-0.2, -0.15) is 0 Å². The zero-order chi connectivity index (χ0) is 13.7. The minimum atomic E-state index is 0.393. The van der Waals surface area contributed by atoms with Crippen LogP contribution < -0.4 is 10.1 Å². The topological polar surface area (TPSA) is 21.3 Å². The minimum Gasteiger partial charge on any atom is -0.497 e. The van der Waals surface area contributed by atoms with Crippen LogP contribution in [0.3, 0.4) is 0 Å². The molecule has 0 amide bonds. The molecule has 1 N–H and O–H groups in total. The van der Waals surface area contributed by atoms with Crippen molar-refractivity contribution in [1.29, 1.82) is 0 Å². The number of ether oxygens (including phenoxy) is 1. The van der Waals surface area contributed by atoms with E-state index < -0.39 is 0 Å². The maximum Gasteiger partial charge on any atom is 0.119 e. The molecule has 0 spiro atoms. The van der Waals surface area contributed by atoms with E-state index in [9.17, 15) is 0 Å². The van der Waals surface area contributed by atoms with Gasteiger partial charge in [-0.15, -0.1) is 0 Å². The Labute approximate surface area is 115 Å². The Hall–Kier alpha value is -1.80. The van der Waals surface area contributed by atoms with E-state index in [0.29, 0.717) is 6.04 Å². The second kappa shape index (κ2) is 6.39. The molecule has 0 aliphatic carbocycles. The minimum absolute atomic E-state index is 0.393. The summed E-state index contributed by atoms with van der Waals surface area (Å²) in [4.78, 5) is 0. The fourth-order valence-corrected chi connectivity index (χ4v) is 2.19. The number of rotatable bonds is 5. The van der Waals surface area contributed by atoms with Crippen LogP contribution in [0.25, 0.3) is 11.1 Å². The Balaban J connectivity index is 2.22. The highest BCUT2D eigenvalue weighted by atomic mass is 16.5. The average Bonchev–Trinajstić information content (AvgIpc) is 2.48. The van der Waals surface area contributed by atoms with Crippen LogP contribution in [0.5, 0.6) is 5.75 Å². The monoisotopic (exact) mass is 255 g/mol. The van der Waals surface area contributed by atoms with Gasteiger partial charge in [0.1, 0.15) is 5.75 Å². The summed E-state index contributed by atoms with van der Waals surface area (Å²) in [5.41, 5.74) is 3.71. The van der Waals surface area contributed by atoms with Crippen molar-refractivity contribution in [2.45, 2.75) is 19.9 Å². The molecule has 2 heteroatoms. The smallest absolute Gasteiger partial charge is 0.119 e. The van der Waals surface area contributed by atoms with Crippen LogP contribution in [0.1, 0.15) is 25.5 Å². The van der Waals surface area contributed by atoms with Gasteiger partial charge in [0.05, 0.1) is 7.11 Å². The van der Waals surface area contributed by atoms with Crippen molar-refractivity contribution in [1.82, 2.24) is 5.32 Å². The van der Waals surface area contributed by atoms with Crippen LogP contribution in [0.2, 0.25) is 0 Å². The number of nitrogens with one attached hydrogen (secondary N) is 1. The van der Waals surface area contributed by atoms with Gasteiger partial charge in [0, 0.05) is 6.04 Å². The first-order valence-corrected chi connectivity index (χ1v) is 6.72. The van der Waals surface area contributed by atoms with Crippen LogP contribution in [0, 0.1) is 0 Å². The fraction of sp³-hybridized carbons (Fsp3) is 0.294. The van der Waals surface area contributed by atoms with E-state index in [1.807, 2.05) is 12.1 Å². The van der Waals surface area contributed by atoms with Crippen LogP contribution in [0.4, 0.5) is 0 Å². The molecule has 0 bridgehead atoms. The number of methoxy groups -OCH3 is 1. The van der Waals surface area contributed by atoms with Gasteiger partial charge in [0.2, 0.25) is 0 Å². The lowest BCUT2D eigenvalue weighted by atomic mass is 10.0. The normalized spacial score (nSPS) is 12.2. The van der Waals surface area contributed by atoms with E-state index in [0.717, 1.165) is 12.3 Å². The molecule has 0 heterocycles. The van der Waals surface area contributed by atoms with Gasteiger partial charge in [0.25, 0.3) is 0 Å². The van der Waals surface area contributed by atoms with E-state index in [2.05, 4.69) is 55.6 Å². The van der Waals surface area contributed by atoms with Crippen LogP contribution in [0.15, 0.2) is 48.5 Å². The first-order valence-electron chi connectivity index (χ1n) is 6.72. The molecule has 2 aromatic rings. The van der Waals surface area contributed by atoms with Crippen molar-refractivity contribution in [2.75, 3.05) is 13.7 Å². The highest BCUT2D eigenvalue weighted by Gasteiger charge is 2.04. The summed E-state index contributed by atoms with van der Waals surface area (Å²) >= 11 is 0. The van der Waals surface area contributed by atoms with Crippen molar-refractivity contribution in [3.8, 4) is 16.9 Å². The van der Waals surface area contributed by atoms with Gasteiger partial charge < -0.3 is 10.1 Å². The van der Waals surface area contributed by atoms with E-state index in [1.54, 1.807) is 7.11 Å². The lowest BCUT2D eigenvalue weighted by molar-refractivity contribution is 0.415. The van der Waals surface area contributed by atoms with Gasteiger partial charge in [-0.25, -0.2) is 0 Å². The molecule has 0 saturated carbocycles. The lowest BCUT2D eigenvalue weighted by Crippen LogP contribution is -2.17. The third kappa shape index (κ3) is 3.36. The third-order valence-electron chi connectivity index (χ3n) is 3.32. The molecular formula is C17H21NO. The first kappa shape index (κ1) is 13.6. The summed E-state index contributed by atoms with van der Waals surface area (Å²) in [5.74, 6) is 0.891. The Morgan fingerprint density at radius 3 is 2.42 bits per heavy atom. The van der Waals surface area contributed by atoms with Gasteiger partial charge in [-0.05, 0) is 42.3 Å². The molecular weight excluding hydrogens is 234 g/mol. The largest absolute Gasteiger partial charge is 0.497 e. The molecule has 1 atom stereocenters. The highest BCUT2D eigenvalue weighted by molar-refractivity contribution is 5.65. The second-order valence-electron chi connectivity index (χ2n) is 4.63. The Bertz CT molecular complexity index is 519. The zero-order valence-corrected chi connectivity index (χ0v) is 11.8. The predicted molar refractivity (Wildman–Crippen MR) is 80.5 cm³/mol. The van der Waals surface area contributed by atoms with E-state index in [-0.39, 0.29) is 0 Å². The quantitative estimate of drug-likeness (QED) is 0.871. The molecule has 0 unspecified atom stereocenters. The summed E-state index contributed by atoms with van der Waals surface area (Å²) in [6, 6.07) is 17.2. The van der Waals surface area contributed by atoms with Crippen molar-refractivity contribution < 1.29 is 4.74 Å². The molecule has 0 saturated heterocycles. The summed E-state index contributed by atoms with van der Waals surface area (Å²) in [6.07, 6.45) is 0. The lowest BCUT2D eigenvalue weighted by Gasteiger charge is -2.13. The van der Waals surface area contributed by atoms with E-state index >= 15 is 0 Å². The maximum atomic E-state index is 5.26. The SMILES string of the molecule is CCN[C@H](C)c1ccc(-c2cccc(OC)c2)cc1. The standard InChI is InChI=1S/C17H21NO/c1-4-18-13(2)14-8-10-15(11-9-14)16-6-5-7-17(12-16)19-3/h5-13,18H,4H2,1-3H3/t13-/m1/s1. The zero-order valence-electron chi connectivity index (χ0n) is 11.8. The van der Waals surface area contributed by atoms with Gasteiger partial charge in [0.15, 0.2) is 0 Å². The Morgan fingerprint density at radius 1 is 1.05 bits per heavy atom. The van der Waals surface area contributed by atoms with Crippen molar-refractivity contribution in [3.63, 3.8) is 0 Å². The second-order valence-corrected chi connectivity index (χ2v) is 4.63. The maximum absolute atomic E-state index is 5.26. The molecule has 0 radical (unpaired) electrons. The summed E-state index contributed by atoms with van der Waals surface area (Å²) in [7, 11) is 1.69. The number of hydrogen-bond donors (Lipinski definition) is 1. The first-order chi connectivity index (χ1) is 9.24. The molecule has 2 rings (SSSR count). The molecule has 0 fully saturated rings. The molecule has 19 heavy (non-hydrogen) atoms. The molecule has 0 aliphatic heterocycles. The number of benzene rings is 2. The van der Waals surface area contributed by atoms with E-state index in [4.69, 9.17) is 4.74 Å². The van der Waals surface area contributed by atoms with Crippen LogP contribution in [-0.2, 0) is 0 Å². The van der Waals surface area contributed by atoms with Gasteiger partial charge in [-0.3, -0.25) is 0 Å². The van der Waals surface area contributed by atoms with Crippen molar-refractivity contribution in [2.24, 2.45) is 0 Å². The summed E-state index contributed by atoms with van der Waals surface area (Å²) in [6.45, 7) is 5.30. The fourth-order valence-electron chi connectivity index (χ4n) is 2.19. The summed E-state index contributed by atoms with van der Waals surface area (Å²) in [5, 5.41) is 3.42. The number of hydrogen-bond acceptors (Lipinski definition) is 2. The van der Waals surface area contributed by atoms with E-state index in [1.165, 1.54) is 16.7 Å². The summed E-state index contributed by atoms with van der Waals surface area (Å²) < 4.78 is 5.26. The molecule has 0 aliphatic rings. The van der Waals surface area contributed by atoms with Gasteiger partial charge in [-0.1, -0.05) is 43.3 Å².